The van der Waals surface area contributed by atoms with Crippen molar-refractivity contribution in [2.75, 3.05) is 24.5 Å². The molecule has 0 saturated carbocycles. The van der Waals surface area contributed by atoms with Crippen molar-refractivity contribution in [3.05, 3.63) is 100 Å². The molecule has 1 atom stereocenters. The molecule has 2 N–H and O–H groups in total. The minimum atomic E-state index is -0.379. The molecule has 2 aliphatic rings. The molecule has 2 fully saturated rings. The number of likely N-dealkylation sites (tertiary alicyclic amines) is 1. The van der Waals surface area contributed by atoms with E-state index in [0.717, 1.165) is 23.9 Å². The van der Waals surface area contributed by atoms with Crippen LogP contribution in [0.25, 0.3) is 21.8 Å². The Balaban J connectivity index is 1.17. The molecule has 0 bridgehead atoms. The molecule has 2 amide bonds. The first-order valence-corrected chi connectivity index (χ1v) is 14.4. The Morgan fingerprint density at radius 3 is 2.02 bits per heavy atom. The van der Waals surface area contributed by atoms with Crippen LogP contribution in [0.4, 0.5) is 5.69 Å². The minimum Gasteiger partial charge on any atom is -0.361 e. The monoisotopic (exact) mass is 570 g/mol. The number of piperidine rings is 1. The number of H-pyrrole nitrogens is 2. The van der Waals surface area contributed by atoms with Gasteiger partial charge in [0.05, 0.1) is 16.0 Å². The molecule has 40 heavy (non-hydrogen) atoms. The summed E-state index contributed by atoms with van der Waals surface area (Å²) >= 11 is 12.3. The number of anilines is 1. The molecule has 0 unspecified atom stereocenters. The van der Waals surface area contributed by atoms with E-state index in [2.05, 4.69) is 58.8 Å². The van der Waals surface area contributed by atoms with Crippen molar-refractivity contribution in [3.8, 4) is 0 Å². The van der Waals surface area contributed by atoms with Crippen molar-refractivity contribution in [1.82, 2.24) is 14.9 Å². The Morgan fingerprint density at radius 1 is 0.825 bits per heavy atom. The Morgan fingerprint density at radius 2 is 1.43 bits per heavy atom. The number of fused-ring (bicyclic) bond motifs is 2. The summed E-state index contributed by atoms with van der Waals surface area (Å²) in [5.41, 5.74) is 5.17. The van der Waals surface area contributed by atoms with Gasteiger partial charge >= 0.3 is 0 Å². The topological polar surface area (TPSA) is 72.2 Å². The molecule has 2 aliphatic heterocycles. The molecule has 7 rings (SSSR count). The summed E-state index contributed by atoms with van der Waals surface area (Å²) < 4.78 is 0. The van der Waals surface area contributed by atoms with Crippen molar-refractivity contribution in [2.45, 2.75) is 24.7 Å². The maximum Gasteiger partial charge on any atom is 0.228 e. The number of hydrogen-bond donors (Lipinski definition) is 2. The fourth-order valence-corrected chi connectivity index (χ4v) is 7.05. The lowest BCUT2D eigenvalue weighted by atomic mass is 9.67. The minimum absolute atomic E-state index is 0.0439. The number of carbonyl (C=O) groups is 2. The third-order valence-electron chi connectivity index (χ3n) is 8.83. The molecule has 2 saturated heterocycles. The van der Waals surface area contributed by atoms with Gasteiger partial charge in [0.1, 0.15) is 0 Å². The maximum absolute atomic E-state index is 13.7. The number of rotatable bonds is 4. The predicted octanol–water partition coefficient (Wildman–Crippen LogP) is 6.92. The van der Waals surface area contributed by atoms with Crippen LogP contribution in [-0.2, 0) is 15.0 Å². The van der Waals surface area contributed by atoms with Crippen LogP contribution in [0.5, 0.6) is 0 Å². The molecule has 4 heterocycles. The first-order chi connectivity index (χ1) is 19.4. The first kappa shape index (κ1) is 25.2. The third-order valence-corrected chi connectivity index (χ3v) is 9.57. The standard InChI is InChI=1S/C32H28Cl2N4O2/c33-26-10-9-21(16-27(26)34)38-19-20(15-30(38)39)31(40)37-13-11-32(12-14-37,24-17-35-28-7-3-1-5-22(24)28)25-18-36-29-8-4-2-6-23(25)29/h1-10,16-18,20,35-36H,11-15,19H2/t20-/m0/s1. The van der Waals surface area contributed by atoms with E-state index < -0.39 is 0 Å². The number of aromatic nitrogens is 2. The second-order valence-corrected chi connectivity index (χ2v) is 11.7. The molecule has 2 aromatic heterocycles. The van der Waals surface area contributed by atoms with E-state index in [1.807, 2.05) is 17.0 Å². The molecule has 5 aromatic rings. The zero-order valence-electron chi connectivity index (χ0n) is 21.8. The van der Waals surface area contributed by atoms with Crippen LogP contribution < -0.4 is 4.90 Å². The van der Waals surface area contributed by atoms with Gasteiger partial charge in [0.25, 0.3) is 0 Å². The van der Waals surface area contributed by atoms with Gasteiger partial charge in [0, 0.05) is 71.4 Å². The highest BCUT2D eigenvalue weighted by molar-refractivity contribution is 6.42. The number of hydrogen-bond acceptors (Lipinski definition) is 2. The van der Waals surface area contributed by atoms with Crippen LogP contribution in [0.15, 0.2) is 79.1 Å². The number of para-hydroxylation sites is 2. The van der Waals surface area contributed by atoms with E-state index in [0.29, 0.717) is 35.4 Å². The van der Waals surface area contributed by atoms with E-state index in [1.54, 1.807) is 23.1 Å². The molecule has 6 nitrogen and oxygen atoms in total. The highest BCUT2D eigenvalue weighted by Crippen LogP contribution is 2.47. The summed E-state index contributed by atoms with van der Waals surface area (Å²) in [5.74, 6) is -0.404. The fraction of sp³-hybridized carbons (Fsp3) is 0.250. The van der Waals surface area contributed by atoms with E-state index in [1.165, 1.54) is 21.9 Å². The summed E-state index contributed by atoms with van der Waals surface area (Å²) in [7, 11) is 0. The van der Waals surface area contributed by atoms with E-state index in [-0.39, 0.29) is 29.6 Å². The lowest BCUT2D eigenvalue weighted by Gasteiger charge is -2.43. The number of amides is 2. The molecule has 3 aromatic carbocycles. The van der Waals surface area contributed by atoms with Gasteiger partial charge in [-0.15, -0.1) is 0 Å². The van der Waals surface area contributed by atoms with Gasteiger partial charge in [-0.1, -0.05) is 59.6 Å². The maximum atomic E-state index is 13.7. The van der Waals surface area contributed by atoms with Crippen LogP contribution in [0, 0.1) is 5.92 Å². The average Bonchev–Trinajstić information content (AvgIpc) is 3.71. The van der Waals surface area contributed by atoms with Gasteiger partial charge in [-0.05, 0) is 54.3 Å². The summed E-state index contributed by atoms with van der Waals surface area (Å²) in [6.07, 6.45) is 6.08. The number of nitrogens with one attached hydrogen (secondary N) is 2. The number of carbonyl (C=O) groups excluding carboxylic acids is 2. The molecule has 8 heteroatoms. The number of nitrogens with zero attached hydrogens (tertiary/aromatic N) is 2. The Hall–Kier alpha value is -3.74. The van der Waals surface area contributed by atoms with Crippen LogP contribution in [0.3, 0.4) is 0 Å². The van der Waals surface area contributed by atoms with Gasteiger partial charge < -0.3 is 19.8 Å². The van der Waals surface area contributed by atoms with Crippen LogP contribution in [0.1, 0.15) is 30.4 Å². The average molecular weight is 572 g/mol. The molecule has 0 radical (unpaired) electrons. The molecule has 202 valence electrons. The first-order valence-electron chi connectivity index (χ1n) is 13.6. The fourth-order valence-electron chi connectivity index (χ4n) is 6.76. The normalized spacial score (nSPS) is 19.1. The van der Waals surface area contributed by atoms with E-state index in [9.17, 15) is 9.59 Å². The number of benzene rings is 3. The third kappa shape index (κ3) is 4.01. The largest absolute Gasteiger partial charge is 0.361 e. The van der Waals surface area contributed by atoms with Crippen LogP contribution in [-0.4, -0.2) is 46.3 Å². The second kappa shape index (κ2) is 9.72. The number of aromatic amines is 2. The zero-order chi connectivity index (χ0) is 27.4. The predicted molar refractivity (Wildman–Crippen MR) is 160 cm³/mol. The van der Waals surface area contributed by atoms with Crippen LogP contribution in [0.2, 0.25) is 10.0 Å². The van der Waals surface area contributed by atoms with Crippen molar-refractivity contribution in [1.29, 1.82) is 0 Å². The molecular weight excluding hydrogens is 543 g/mol. The van der Waals surface area contributed by atoms with E-state index in [4.69, 9.17) is 23.2 Å². The summed E-state index contributed by atoms with van der Waals surface area (Å²) in [6.45, 7) is 1.59. The summed E-state index contributed by atoms with van der Waals surface area (Å²) in [6, 6.07) is 22.0. The number of halogens is 2. The lowest BCUT2D eigenvalue weighted by Crippen LogP contribution is -2.47. The Bertz CT molecular complexity index is 1690. The van der Waals surface area contributed by atoms with Gasteiger partial charge in [-0.3, -0.25) is 9.59 Å². The lowest BCUT2D eigenvalue weighted by molar-refractivity contribution is -0.137. The van der Waals surface area contributed by atoms with Crippen LogP contribution >= 0.6 is 23.2 Å². The smallest absolute Gasteiger partial charge is 0.228 e. The van der Waals surface area contributed by atoms with Crippen molar-refractivity contribution >= 4 is 62.5 Å². The molecule has 0 spiro atoms. The van der Waals surface area contributed by atoms with Crippen molar-refractivity contribution in [2.24, 2.45) is 5.92 Å². The summed E-state index contributed by atoms with van der Waals surface area (Å²) in [5, 5.41) is 3.26. The second-order valence-electron chi connectivity index (χ2n) is 10.9. The van der Waals surface area contributed by atoms with Gasteiger partial charge in [0.15, 0.2) is 0 Å². The van der Waals surface area contributed by atoms with Crippen molar-refractivity contribution in [3.63, 3.8) is 0 Å². The van der Waals surface area contributed by atoms with E-state index >= 15 is 0 Å². The van der Waals surface area contributed by atoms with Gasteiger partial charge in [-0.2, -0.15) is 0 Å². The quantitative estimate of drug-likeness (QED) is 0.246. The Kier molecular flexibility index (Phi) is 6.13. The van der Waals surface area contributed by atoms with Gasteiger partial charge in [0.2, 0.25) is 11.8 Å². The van der Waals surface area contributed by atoms with Crippen molar-refractivity contribution < 1.29 is 9.59 Å². The summed E-state index contributed by atoms with van der Waals surface area (Å²) in [4.78, 5) is 37.2. The molecular formula is C32H28Cl2N4O2. The highest BCUT2D eigenvalue weighted by Gasteiger charge is 2.44. The zero-order valence-corrected chi connectivity index (χ0v) is 23.3. The van der Waals surface area contributed by atoms with Gasteiger partial charge in [-0.25, -0.2) is 0 Å². The molecule has 0 aliphatic carbocycles. The highest BCUT2D eigenvalue weighted by atomic mass is 35.5. The SMILES string of the molecule is O=C([C@H]1CC(=O)N(c2ccc(Cl)c(Cl)c2)C1)N1CCC(c2c[nH]c3ccccc23)(c2c[nH]c3ccccc23)CC1. The Labute approximate surface area is 241 Å².